The van der Waals surface area contributed by atoms with Gasteiger partial charge in [-0.3, -0.25) is 5.43 Å². The van der Waals surface area contributed by atoms with Crippen molar-refractivity contribution in [1.82, 2.24) is 15.8 Å². The first-order valence-corrected chi connectivity index (χ1v) is 8.95. The lowest BCUT2D eigenvalue weighted by atomic mass is 10.3. The molecule has 2 aliphatic heterocycles. The van der Waals surface area contributed by atoms with Crippen LogP contribution < -0.4 is 10.7 Å². The largest absolute Gasteiger partial charge is 0.314 e. The van der Waals surface area contributed by atoms with E-state index in [1.807, 2.05) is 0 Å². The molecule has 0 aromatic carbocycles. The number of hydrogen-bond donors (Lipinski definition) is 2. The van der Waals surface area contributed by atoms with Gasteiger partial charge in [0.15, 0.2) is 0 Å². The molecule has 1 radical (unpaired) electrons. The van der Waals surface area contributed by atoms with Gasteiger partial charge in [-0.1, -0.05) is 38.3 Å². The third kappa shape index (κ3) is 3.55. The molecule has 16 heavy (non-hydrogen) atoms. The first-order chi connectivity index (χ1) is 7.90. The van der Waals surface area contributed by atoms with Crippen LogP contribution in [0.1, 0.15) is 32.6 Å². The second kappa shape index (κ2) is 6.74. The molecule has 0 bridgehead atoms. The number of nitrogens with one attached hydrogen (secondary N) is 2. The summed E-state index contributed by atoms with van der Waals surface area (Å²) >= 11 is 0. The van der Waals surface area contributed by atoms with Crippen LogP contribution in [0, 0.1) is 0 Å². The normalized spacial score (nSPS) is 26.8. The van der Waals surface area contributed by atoms with Crippen molar-refractivity contribution in [1.29, 1.82) is 0 Å². The Morgan fingerprint density at radius 3 is 2.50 bits per heavy atom. The van der Waals surface area contributed by atoms with Crippen LogP contribution in [-0.2, 0) is 0 Å². The molecule has 2 heterocycles. The maximum absolute atomic E-state index is 3.81. The maximum atomic E-state index is 3.81. The van der Waals surface area contributed by atoms with Gasteiger partial charge in [0.1, 0.15) is 0 Å². The van der Waals surface area contributed by atoms with Gasteiger partial charge in [-0.05, 0) is 6.42 Å². The van der Waals surface area contributed by atoms with Crippen molar-refractivity contribution in [2.75, 3.05) is 26.2 Å². The molecule has 1 atom stereocenters. The van der Waals surface area contributed by atoms with Crippen LogP contribution >= 0.6 is 0 Å². The van der Waals surface area contributed by atoms with Crippen LogP contribution in [0.5, 0.6) is 0 Å². The van der Waals surface area contributed by atoms with E-state index in [9.17, 15) is 0 Å². The summed E-state index contributed by atoms with van der Waals surface area (Å²) in [7, 11) is -0.109. The van der Waals surface area contributed by atoms with Crippen LogP contribution in [0.4, 0.5) is 0 Å². The fourth-order valence-electron chi connectivity index (χ4n) is 2.84. The summed E-state index contributed by atoms with van der Waals surface area (Å²) in [6.07, 6.45) is 5.79. The van der Waals surface area contributed by atoms with Crippen molar-refractivity contribution in [3.8, 4) is 0 Å². The zero-order valence-electron chi connectivity index (χ0n) is 10.6. The zero-order valence-corrected chi connectivity index (χ0v) is 11.6. The van der Waals surface area contributed by atoms with Gasteiger partial charge in [-0.2, -0.15) is 0 Å². The van der Waals surface area contributed by atoms with Gasteiger partial charge >= 0.3 is 0 Å². The molecule has 0 aromatic rings. The van der Waals surface area contributed by atoms with Gasteiger partial charge in [0.25, 0.3) is 0 Å². The SMILES string of the molecule is CCC(NN1CCNCC1)[Si]1CCCCC1. The fraction of sp³-hybridized carbons (Fsp3) is 1.00. The van der Waals surface area contributed by atoms with Crippen molar-refractivity contribution in [3.63, 3.8) is 0 Å². The molecule has 0 aromatic heterocycles. The van der Waals surface area contributed by atoms with Crippen LogP contribution in [-0.4, -0.2) is 45.6 Å². The molecule has 1 unspecified atom stereocenters. The summed E-state index contributed by atoms with van der Waals surface area (Å²) in [6.45, 7) is 6.99. The summed E-state index contributed by atoms with van der Waals surface area (Å²) < 4.78 is 0. The van der Waals surface area contributed by atoms with E-state index >= 15 is 0 Å². The maximum Gasteiger partial charge on any atom is 0.0707 e. The summed E-state index contributed by atoms with van der Waals surface area (Å²) in [6, 6.07) is 3.09. The van der Waals surface area contributed by atoms with Crippen molar-refractivity contribution in [2.45, 2.75) is 50.4 Å². The van der Waals surface area contributed by atoms with E-state index in [0.717, 1.165) is 18.8 Å². The van der Waals surface area contributed by atoms with Crippen molar-refractivity contribution in [2.24, 2.45) is 0 Å². The quantitative estimate of drug-likeness (QED) is 0.727. The molecule has 93 valence electrons. The van der Waals surface area contributed by atoms with E-state index in [1.54, 1.807) is 12.1 Å². The molecule has 0 saturated carbocycles. The van der Waals surface area contributed by atoms with E-state index in [0.29, 0.717) is 0 Å². The van der Waals surface area contributed by atoms with Crippen molar-refractivity contribution < 1.29 is 0 Å². The number of rotatable bonds is 4. The summed E-state index contributed by atoms with van der Waals surface area (Å²) in [4.78, 5) is 0. The highest BCUT2D eigenvalue weighted by Crippen LogP contribution is 2.22. The monoisotopic (exact) mass is 240 g/mol. The lowest BCUT2D eigenvalue weighted by molar-refractivity contribution is 0.153. The van der Waals surface area contributed by atoms with E-state index < -0.39 is 0 Å². The first-order valence-electron chi connectivity index (χ1n) is 6.96. The van der Waals surface area contributed by atoms with Gasteiger partial charge in [0.05, 0.1) is 8.80 Å². The number of hydrogen-bond acceptors (Lipinski definition) is 3. The van der Waals surface area contributed by atoms with Gasteiger partial charge in [0.2, 0.25) is 0 Å². The Morgan fingerprint density at radius 1 is 1.19 bits per heavy atom. The standard InChI is InChI=1S/C12H26N3Si/c1-2-12(16-10-4-3-5-11-16)14-15-8-6-13-7-9-15/h12-14H,2-11H2,1H3. The van der Waals surface area contributed by atoms with Crippen LogP contribution in [0.3, 0.4) is 0 Å². The first kappa shape index (κ1) is 12.6. The Morgan fingerprint density at radius 2 is 1.88 bits per heavy atom. The molecule has 2 N–H and O–H groups in total. The average molecular weight is 240 g/mol. The van der Waals surface area contributed by atoms with Crippen LogP contribution in [0.15, 0.2) is 0 Å². The lowest BCUT2D eigenvalue weighted by Crippen LogP contribution is -2.57. The molecule has 0 amide bonds. The summed E-state index contributed by atoms with van der Waals surface area (Å²) in [5.41, 5.74) is 4.64. The minimum absolute atomic E-state index is 0.109. The molecule has 4 heteroatoms. The smallest absolute Gasteiger partial charge is 0.0707 e. The van der Waals surface area contributed by atoms with E-state index in [1.165, 1.54) is 38.8 Å². The summed E-state index contributed by atoms with van der Waals surface area (Å²) in [5, 5.41) is 5.87. The number of piperazine rings is 1. The second-order valence-electron chi connectivity index (χ2n) is 5.05. The molecule has 2 fully saturated rings. The number of nitrogens with zero attached hydrogens (tertiary/aromatic N) is 1. The molecule has 2 rings (SSSR count). The molecule has 2 saturated heterocycles. The minimum Gasteiger partial charge on any atom is -0.314 e. The molecule has 0 aliphatic carbocycles. The summed E-state index contributed by atoms with van der Waals surface area (Å²) in [5.74, 6) is 0. The van der Waals surface area contributed by atoms with Crippen LogP contribution in [0.25, 0.3) is 0 Å². The average Bonchev–Trinajstić information content (AvgIpc) is 2.38. The Kier molecular flexibility index (Phi) is 5.29. The van der Waals surface area contributed by atoms with Crippen molar-refractivity contribution in [3.05, 3.63) is 0 Å². The van der Waals surface area contributed by atoms with Gasteiger partial charge in [-0.25, -0.2) is 5.01 Å². The second-order valence-corrected chi connectivity index (χ2v) is 8.06. The molecular weight excluding hydrogens is 214 g/mol. The molecule has 2 aliphatic rings. The predicted octanol–water partition coefficient (Wildman–Crippen LogP) is 1.39. The van der Waals surface area contributed by atoms with E-state index in [-0.39, 0.29) is 8.80 Å². The van der Waals surface area contributed by atoms with Gasteiger partial charge in [-0.15, -0.1) is 0 Å². The highest BCUT2D eigenvalue weighted by molar-refractivity contribution is 6.60. The van der Waals surface area contributed by atoms with Gasteiger partial charge < -0.3 is 5.32 Å². The Labute approximate surface area is 102 Å². The molecule has 0 spiro atoms. The minimum atomic E-state index is -0.109. The fourth-order valence-corrected chi connectivity index (χ4v) is 6.14. The van der Waals surface area contributed by atoms with Crippen molar-refractivity contribution >= 4 is 8.80 Å². The zero-order chi connectivity index (χ0) is 11.2. The topological polar surface area (TPSA) is 27.3 Å². The highest BCUT2D eigenvalue weighted by Gasteiger charge is 2.25. The Balaban J connectivity index is 1.78. The van der Waals surface area contributed by atoms with Gasteiger partial charge in [0, 0.05) is 31.8 Å². The van der Waals surface area contributed by atoms with Crippen LogP contribution in [0.2, 0.25) is 12.1 Å². The molecular formula is C12H26N3Si. The highest BCUT2D eigenvalue weighted by atomic mass is 28.3. The third-order valence-electron chi connectivity index (χ3n) is 3.85. The number of hydrazine groups is 1. The third-order valence-corrected chi connectivity index (χ3v) is 7.37. The van der Waals surface area contributed by atoms with E-state index in [4.69, 9.17) is 0 Å². The van der Waals surface area contributed by atoms with E-state index in [2.05, 4.69) is 22.7 Å². The Bertz CT molecular complexity index is 189. The lowest BCUT2D eigenvalue weighted by Gasteiger charge is -2.36. The predicted molar refractivity (Wildman–Crippen MR) is 70.9 cm³/mol. The molecule has 3 nitrogen and oxygen atoms in total. The Hall–Kier alpha value is 0.0969.